The summed E-state index contributed by atoms with van der Waals surface area (Å²) in [6.45, 7) is 7.73. The molecule has 7 nitrogen and oxygen atoms in total. The van der Waals surface area contributed by atoms with Crippen LogP contribution in [0.3, 0.4) is 0 Å². The minimum absolute atomic E-state index is 0.113. The number of rotatable bonds is 5. The Labute approximate surface area is 157 Å². The first-order chi connectivity index (χ1) is 12.2. The normalized spacial score (nSPS) is 16.8. The van der Waals surface area contributed by atoms with Gasteiger partial charge in [-0.05, 0) is 37.8 Å². The number of aromatic nitrogens is 2. The van der Waals surface area contributed by atoms with E-state index < -0.39 is 10.0 Å². The number of nitrogens with zero attached hydrogens (tertiary/aromatic N) is 3. The van der Waals surface area contributed by atoms with E-state index in [9.17, 15) is 13.2 Å². The largest absolute Gasteiger partial charge is 0.300 e. The Hall–Kier alpha value is -2.00. The van der Waals surface area contributed by atoms with Gasteiger partial charge in [-0.25, -0.2) is 0 Å². The number of amides is 1. The number of fused-ring (bicyclic) bond motifs is 1. The van der Waals surface area contributed by atoms with Crippen molar-refractivity contribution >= 4 is 38.1 Å². The van der Waals surface area contributed by atoms with Gasteiger partial charge in [-0.1, -0.05) is 42.9 Å². The van der Waals surface area contributed by atoms with Gasteiger partial charge in [-0.15, -0.1) is 10.2 Å². The van der Waals surface area contributed by atoms with Crippen molar-refractivity contribution in [2.75, 3.05) is 9.62 Å². The number of carbonyl (C=O) groups excluding carboxylic acids is 1. The number of hydrogen-bond donors (Lipinski definition) is 1. The third kappa shape index (κ3) is 3.59. The molecule has 26 heavy (non-hydrogen) atoms. The fraction of sp³-hybridized carbons (Fsp3) is 0.471. The average Bonchev–Trinajstić information content (AvgIpc) is 3.09. The maximum absolute atomic E-state index is 13.1. The minimum atomic E-state index is -3.83. The van der Waals surface area contributed by atoms with Gasteiger partial charge >= 0.3 is 0 Å². The second-order valence-corrected chi connectivity index (χ2v) is 9.97. The number of aryl methyl sites for hydroxylation is 1. The van der Waals surface area contributed by atoms with Crippen molar-refractivity contribution in [1.29, 1.82) is 0 Å². The highest BCUT2D eigenvalue weighted by Crippen LogP contribution is 2.38. The van der Waals surface area contributed by atoms with Gasteiger partial charge in [-0.2, -0.15) is 8.42 Å². The van der Waals surface area contributed by atoms with Gasteiger partial charge in [0.15, 0.2) is 0 Å². The fourth-order valence-electron chi connectivity index (χ4n) is 3.09. The second kappa shape index (κ2) is 6.96. The molecule has 0 unspecified atom stereocenters. The number of nitrogens with one attached hydrogen (secondary N) is 1. The zero-order valence-electron chi connectivity index (χ0n) is 15.2. The highest BCUT2D eigenvalue weighted by molar-refractivity contribution is 7.94. The first-order valence-electron chi connectivity index (χ1n) is 8.46. The van der Waals surface area contributed by atoms with Crippen molar-refractivity contribution in [3.8, 4) is 0 Å². The molecule has 0 saturated carbocycles. The Balaban J connectivity index is 1.87. The maximum Gasteiger partial charge on any atom is 0.293 e. The molecular weight excluding hydrogens is 372 g/mol. The SMILES string of the molecule is Cc1ccc2c(c1)C[C@@H](C)N2S(=O)(=O)c1nnc(NC(=O)CC(C)C)s1. The molecule has 1 aliphatic rings. The number of anilines is 2. The monoisotopic (exact) mass is 394 g/mol. The van der Waals surface area contributed by atoms with E-state index in [1.165, 1.54) is 4.31 Å². The molecular formula is C17H22N4O3S2. The molecule has 0 spiro atoms. The number of hydrogen-bond acceptors (Lipinski definition) is 6. The molecule has 2 heterocycles. The molecule has 0 radical (unpaired) electrons. The topological polar surface area (TPSA) is 92.3 Å². The smallest absolute Gasteiger partial charge is 0.293 e. The van der Waals surface area contributed by atoms with Crippen LogP contribution in [0.2, 0.25) is 0 Å². The quantitative estimate of drug-likeness (QED) is 0.787. The van der Waals surface area contributed by atoms with E-state index >= 15 is 0 Å². The van der Waals surface area contributed by atoms with E-state index in [1.54, 1.807) is 0 Å². The summed E-state index contributed by atoms with van der Waals surface area (Å²) in [7, 11) is -3.83. The van der Waals surface area contributed by atoms with Gasteiger partial charge in [0.25, 0.3) is 14.4 Å². The van der Waals surface area contributed by atoms with Gasteiger partial charge in [0, 0.05) is 12.5 Å². The molecule has 1 aromatic heterocycles. The number of carbonyl (C=O) groups is 1. The third-order valence-electron chi connectivity index (χ3n) is 4.11. The summed E-state index contributed by atoms with van der Waals surface area (Å²) in [4.78, 5) is 11.9. The van der Waals surface area contributed by atoms with Crippen LogP contribution in [-0.4, -0.2) is 30.6 Å². The highest BCUT2D eigenvalue weighted by atomic mass is 32.2. The van der Waals surface area contributed by atoms with Gasteiger partial charge in [0.05, 0.1) is 5.69 Å². The molecule has 9 heteroatoms. The number of sulfonamides is 1. The predicted molar refractivity (Wildman–Crippen MR) is 102 cm³/mol. The fourth-order valence-corrected chi connectivity index (χ4v) is 5.78. The van der Waals surface area contributed by atoms with Crippen LogP contribution in [0, 0.1) is 12.8 Å². The van der Waals surface area contributed by atoms with Crippen molar-refractivity contribution in [3.63, 3.8) is 0 Å². The van der Waals surface area contributed by atoms with E-state index in [1.807, 2.05) is 45.9 Å². The van der Waals surface area contributed by atoms with E-state index in [0.29, 0.717) is 18.5 Å². The average molecular weight is 395 g/mol. The van der Waals surface area contributed by atoms with Crippen molar-refractivity contribution in [2.24, 2.45) is 5.92 Å². The predicted octanol–water partition coefficient (Wildman–Crippen LogP) is 2.97. The molecule has 0 bridgehead atoms. The lowest BCUT2D eigenvalue weighted by Crippen LogP contribution is -2.35. The van der Waals surface area contributed by atoms with E-state index in [0.717, 1.165) is 22.5 Å². The van der Waals surface area contributed by atoms with Crippen LogP contribution in [0.1, 0.15) is 38.3 Å². The zero-order valence-corrected chi connectivity index (χ0v) is 16.8. The summed E-state index contributed by atoms with van der Waals surface area (Å²) in [5.41, 5.74) is 2.79. The summed E-state index contributed by atoms with van der Waals surface area (Å²) < 4.78 is 27.5. The van der Waals surface area contributed by atoms with Crippen molar-refractivity contribution in [2.45, 2.75) is 50.9 Å². The van der Waals surface area contributed by atoms with Gasteiger partial charge in [0.1, 0.15) is 0 Å². The lowest BCUT2D eigenvalue weighted by atomic mass is 10.1. The molecule has 1 aliphatic heterocycles. The summed E-state index contributed by atoms with van der Waals surface area (Å²) in [5.74, 6) is 0.00647. The number of benzene rings is 1. The molecule has 1 atom stereocenters. The summed E-state index contributed by atoms with van der Waals surface area (Å²) in [6.07, 6.45) is 1.00. The van der Waals surface area contributed by atoms with Crippen molar-refractivity contribution in [1.82, 2.24) is 10.2 Å². The molecule has 1 aromatic carbocycles. The first kappa shape index (κ1) is 18.8. The molecule has 140 valence electrons. The molecule has 1 amide bonds. The Morgan fingerprint density at radius 3 is 2.81 bits per heavy atom. The Morgan fingerprint density at radius 2 is 2.12 bits per heavy atom. The molecule has 0 aliphatic carbocycles. The summed E-state index contributed by atoms with van der Waals surface area (Å²) in [6, 6.07) is 5.55. The zero-order chi connectivity index (χ0) is 19.1. The Kier molecular flexibility index (Phi) is 5.03. The standard InChI is InChI=1S/C17H22N4O3S2/c1-10(2)7-15(22)18-16-19-20-17(25-16)26(23,24)21-12(4)9-13-8-11(3)5-6-14(13)21/h5-6,8,10,12H,7,9H2,1-4H3,(H,18,19,22)/t12-/m1/s1. The van der Waals surface area contributed by atoms with Crippen LogP contribution in [0.25, 0.3) is 0 Å². The van der Waals surface area contributed by atoms with Gasteiger partial charge in [0.2, 0.25) is 11.0 Å². The van der Waals surface area contributed by atoms with E-state index in [-0.39, 0.29) is 27.3 Å². The molecule has 3 rings (SSSR count). The maximum atomic E-state index is 13.1. The Morgan fingerprint density at radius 1 is 1.38 bits per heavy atom. The molecule has 0 fully saturated rings. The van der Waals surface area contributed by atoms with Crippen LogP contribution in [-0.2, 0) is 21.2 Å². The van der Waals surface area contributed by atoms with Crippen LogP contribution >= 0.6 is 11.3 Å². The summed E-state index contributed by atoms with van der Waals surface area (Å²) in [5, 5.41) is 10.5. The lowest BCUT2D eigenvalue weighted by molar-refractivity contribution is -0.116. The second-order valence-electron chi connectivity index (χ2n) is 7.01. The van der Waals surface area contributed by atoms with Crippen LogP contribution < -0.4 is 9.62 Å². The van der Waals surface area contributed by atoms with Crippen LogP contribution in [0.15, 0.2) is 22.5 Å². The van der Waals surface area contributed by atoms with Crippen LogP contribution in [0.4, 0.5) is 10.8 Å². The van der Waals surface area contributed by atoms with Crippen LogP contribution in [0.5, 0.6) is 0 Å². The van der Waals surface area contributed by atoms with Gasteiger partial charge in [-0.3, -0.25) is 9.10 Å². The molecule has 2 aromatic rings. The third-order valence-corrected chi connectivity index (χ3v) is 7.23. The van der Waals surface area contributed by atoms with Crippen molar-refractivity contribution < 1.29 is 13.2 Å². The molecule has 0 saturated heterocycles. The summed E-state index contributed by atoms with van der Waals surface area (Å²) >= 11 is 0.878. The van der Waals surface area contributed by atoms with E-state index in [2.05, 4.69) is 15.5 Å². The minimum Gasteiger partial charge on any atom is -0.300 e. The van der Waals surface area contributed by atoms with E-state index in [4.69, 9.17) is 0 Å². The lowest BCUT2D eigenvalue weighted by Gasteiger charge is -2.22. The van der Waals surface area contributed by atoms with Crippen molar-refractivity contribution in [3.05, 3.63) is 29.3 Å². The first-order valence-corrected chi connectivity index (χ1v) is 10.7. The van der Waals surface area contributed by atoms with Gasteiger partial charge < -0.3 is 5.32 Å². The highest BCUT2D eigenvalue weighted by Gasteiger charge is 2.38. The molecule has 1 N–H and O–H groups in total. The Bertz CT molecular complexity index is 937.